The summed E-state index contributed by atoms with van der Waals surface area (Å²) in [6, 6.07) is 15.5. The van der Waals surface area contributed by atoms with Crippen LogP contribution in [0.15, 0.2) is 60.2 Å². The topological polar surface area (TPSA) is 38.8 Å². The van der Waals surface area contributed by atoms with Gasteiger partial charge < -0.3 is 9.57 Å². The molecule has 5 heteroatoms. The molecule has 2 aliphatic rings. The van der Waals surface area contributed by atoms with Crippen molar-refractivity contribution in [2.75, 3.05) is 0 Å². The van der Waals surface area contributed by atoms with Crippen LogP contribution >= 0.6 is 0 Å². The Morgan fingerprint density at radius 1 is 1.12 bits per heavy atom. The van der Waals surface area contributed by atoms with Crippen molar-refractivity contribution in [1.82, 2.24) is 5.06 Å². The van der Waals surface area contributed by atoms with Gasteiger partial charge in [0.1, 0.15) is 11.4 Å². The van der Waals surface area contributed by atoms with Gasteiger partial charge in [0.05, 0.1) is 0 Å². The molecule has 4 nitrogen and oxygen atoms in total. The molecule has 134 valence electrons. The molecule has 1 unspecified atom stereocenters. The SMILES string of the molecule is CC1(C)OC2(CC/C2=C\c2ccccc2)N(Oc2ccc(F)cc2)C1=O. The van der Waals surface area contributed by atoms with E-state index in [2.05, 4.69) is 0 Å². The number of carbonyl (C=O) groups excluding carboxylic acids is 1. The molecule has 1 aliphatic heterocycles. The first-order valence-corrected chi connectivity index (χ1v) is 8.65. The first-order valence-electron chi connectivity index (χ1n) is 8.65. The van der Waals surface area contributed by atoms with Crippen LogP contribution in [0.2, 0.25) is 0 Å². The third-order valence-electron chi connectivity index (χ3n) is 4.84. The van der Waals surface area contributed by atoms with E-state index in [4.69, 9.17) is 9.57 Å². The van der Waals surface area contributed by atoms with Gasteiger partial charge in [0.2, 0.25) is 5.72 Å². The number of nitrogens with zero attached hydrogens (tertiary/aromatic N) is 1. The number of hydrogen-bond acceptors (Lipinski definition) is 3. The van der Waals surface area contributed by atoms with Crippen LogP contribution < -0.4 is 4.84 Å². The Bertz CT molecular complexity index is 861. The fraction of sp³-hybridized carbons (Fsp3) is 0.286. The van der Waals surface area contributed by atoms with Gasteiger partial charge in [-0.25, -0.2) is 4.39 Å². The molecular formula is C21H20FNO3. The van der Waals surface area contributed by atoms with E-state index in [1.807, 2.05) is 36.4 Å². The van der Waals surface area contributed by atoms with Gasteiger partial charge in [-0.1, -0.05) is 36.4 Å². The van der Waals surface area contributed by atoms with Crippen molar-refractivity contribution in [3.8, 4) is 5.75 Å². The van der Waals surface area contributed by atoms with Crippen molar-refractivity contribution in [2.24, 2.45) is 0 Å². The minimum atomic E-state index is -0.990. The molecule has 1 spiro atoms. The van der Waals surface area contributed by atoms with E-state index >= 15 is 0 Å². The number of rotatable bonds is 3. The molecule has 0 radical (unpaired) electrons. The van der Waals surface area contributed by atoms with Gasteiger partial charge in [-0.3, -0.25) is 4.79 Å². The van der Waals surface area contributed by atoms with Crippen LogP contribution in [-0.4, -0.2) is 22.3 Å². The summed E-state index contributed by atoms with van der Waals surface area (Å²) in [5.74, 6) is -0.212. The van der Waals surface area contributed by atoms with Gasteiger partial charge in [0, 0.05) is 6.42 Å². The van der Waals surface area contributed by atoms with Crippen LogP contribution in [0, 0.1) is 5.82 Å². The Balaban J connectivity index is 1.69. The fourth-order valence-electron chi connectivity index (χ4n) is 3.40. The average Bonchev–Trinajstić information content (AvgIpc) is 2.84. The zero-order chi connectivity index (χ0) is 18.4. The minimum Gasteiger partial charge on any atom is -0.374 e. The van der Waals surface area contributed by atoms with Crippen LogP contribution in [0.1, 0.15) is 32.3 Å². The smallest absolute Gasteiger partial charge is 0.290 e. The summed E-state index contributed by atoms with van der Waals surface area (Å²) >= 11 is 0. The molecule has 26 heavy (non-hydrogen) atoms. The highest BCUT2D eigenvalue weighted by Gasteiger charge is 2.63. The summed E-state index contributed by atoms with van der Waals surface area (Å²) in [6.45, 7) is 3.48. The van der Waals surface area contributed by atoms with Gasteiger partial charge in [-0.05, 0) is 55.7 Å². The Kier molecular flexibility index (Phi) is 3.84. The second-order valence-corrected chi connectivity index (χ2v) is 7.12. The Morgan fingerprint density at radius 2 is 1.81 bits per heavy atom. The molecule has 1 saturated heterocycles. The molecule has 4 rings (SSSR count). The lowest BCUT2D eigenvalue weighted by atomic mass is 9.80. The maximum absolute atomic E-state index is 13.2. The Labute approximate surface area is 151 Å². The molecular weight excluding hydrogens is 333 g/mol. The lowest BCUT2D eigenvalue weighted by Crippen LogP contribution is -2.55. The molecule has 2 fully saturated rings. The molecule has 0 aromatic heterocycles. The fourth-order valence-corrected chi connectivity index (χ4v) is 3.40. The van der Waals surface area contributed by atoms with E-state index in [1.54, 1.807) is 13.8 Å². The van der Waals surface area contributed by atoms with Gasteiger partial charge in [0.15, 0.2) is 5.75 Å². The van der Waals surface area contributed by atoms with E-state index in [1.165, 1.54) is 29.3 Å². The maximum Gasteiger partial charge on any atom is 0.290 e. The van der Waals surface area contributed by atoms with Crippen molar-refractivity contribution in [3.05, 3.63) is 71.6 Å². The third kappa shape index (κ3) is 2.69. The van der Waals surface area contributed by atoms with Gasteiger partial charge >= 0.3 is 0 Å². The number of carbonyl (C=O) groups is 1. The van der Waals surface area contributed by atoms with Crippen molar-refractivity contribution in [3.63, 3.8) is 0 Å². The van der Waals surface area contributed by atoms with E-state index in [0.717, 1.165) is 17.6 Å². The summed E-state index contributed by atoms with van der Waals surface area (Å²) in [4.78, 5) is 18.7. The highest BCUT2D eigenvalue weighted by atomic mass is 19.1. The highest BCUT2D eigenvalue weighted by molar-refractivity contribution is 5.87. The van der Waals surface area contributed by atoms with E-state index in [0.29, 0.717) is 12.2 Å². The quantitative estimate of drug-likeness (QED) is 0.824. The largest absolute Gasteiger partial charge is 0.374 e. The predicted octanol–water partition coefficient (Wildman–Crippen LogP) is 4.33. The van der Waals surface area contributed by atoms with Crippen molar-refractivity contribution >= 4 is 12.0 Å². The molecule has 1 amide bonds. The molecule has 1 atom stereocenters. The minimum absolute atomic E-state index is 0.250. The number of ether oxygens (including phenoxy) is 1. The van der Waals surface area contributed by atoms with Gasteiger partial charge in [-0.15, -0.1) is 5.06 Å². The van der Waals surface area contributed by atoms with Crippen molar-refractivity contribution in [1.29, 1.82) is 0 Å². The molecule has 2 aromatic carbocycles. The van der Waals surface area contributed by atoms with Crippen molar-refractivity contribution in [2.45, 2.75) is 38.0 Å². The molecule has 0 N–H and O–H groups in total. The number of halogens is 1. The summed E-state index contributed by atoms with van der Waals surface area (Å²) in [6.07, 6.45) is 3.52. The molecule has 1 heterocycles. The first kappa shape index (κ1) is 16.8. The molecule has 1 aliphatic carbocycles. The lowest BCUT2D eigenvalue weighted by Gasteiger charge is -2.45. The molecule has 1 saturated carbocycles. The number of amides is 1. The van der Waals surface area contributed by atoms with E-state index < -0.39 is 11.3 Å². The van der Waals surface area contributed by atoms with Crippen LogP contribution in [-0.2, 0) is 9.53 Å². The van der Waals surface area contributed by atoms with E-state index in [-0.39, 0.29) is 11.7 Å². The Morgan fingerprint density at radius 3 is 2.42 bits per heavy atom. The number of hydroxylamine groups is 2. The first-order chi connectivity index (χ1) is 12.4. The van der Waals surface area contributed by atoms with Gasteiger partial charge in [0.25, 0.3) is 5.91 Å². The van der Waals surface area contributed by atoms with Crippen LogP contribution in [0.5, 0.6) is 5.75 Å². The number of benzene rings is 2. The number of hydrogen-bond donors (Lipinski definition) is 0. The molecule has 0 bridgehead atoms. The van der Waals surface area contributed by atoms with Gasteiger partial charge in [-0.2, -0.15) is 0 Å². The standard InChI is InChI=1S/C21H20FNO3/c1-20(2)19(24)23(25-18-10-8-17(22)9-11-18)21(26-20)13-12-16(21)14-15-6-4-3-5-7-15/h3-11,14H,12-13H2,1-2H3/b16-14+. The second kappa shape index (κ2) is 5.95. The normalized spacial score (nSPS) is 25.6. The predicted molar refractivity (Wildman–Crippen MR) is 95.4 cm³/mol. The monoisotopic (exact) mass is 353 g/mol. The van der Waals surface area contributed by atoms with Crippen molar-refractivity contribution < 1.29 is 18.8 Å². The molecule has 2 aromatic rings. The summed E-state index contributed by atoms with van der Waals surface area (Å²) in [5, 5.41) is 1.32. The van der Waals surface area contributed by atoms with E-state index in [9.17, 15) is 9.18 Å². The lowest BCUT2D eigenvalue weighted by molar-refractivity contribution is -0.217. The summed E-state index contributed by atoms with van der Waals surface area (Å²) in [5.41, 5.74) is 0.134. The Hall–Kier alpha value is -2.66. The second-order valence-electron chi connectivity index (χ2n) is 7.12. The zero-order valence-corrected chi connectivity index (χ0v) is 14.7. The summed E-state index contributed by atoms with van der Waals surface area (Å²) < 4.78 is 19.4. The zero-order valence-electron chi connectivity index (χ0n) is 14.7. The van der Waals surface area contributed by atoms with Crippen LogP contribution in [0.4, 0.5) is 4.39 Å². The third-order valence-corrected chi connectivity index (χ3v) is 4.84. The highest BCUT2D eigenvalue weighted by Crippen LogP contribution is 2.52. The average molecular weight is 353 g/mol. The summed E-state index contributed by atoms with van der Waals surface area (Å²) in [7, 11) is 0. The van der Waals surface area contributed by atoms with Crippen LogP contribution in [0.3, 0.4) is 0 Å². The van der Waals surface area contributed by atoms with Crippen LogP contribution in [0.25, 0.3) is 6.08 Å². The maximum atomic E-state index is 13.2.